The minimum absolute atomic E-state index is 0. The Morgan fingerprint density at radius 2 is 1.65 bits per heavy atom. The molecule has 0 atom stereocenters. The van der Waals surface area contributed by atoms with E-state index in [9.17, 15) is 21.6 Å². The maximum atomic E-state index is 13.4. The van der Waals surface area contributed by atoms with Gasteiger partial charge in [0.25, 0.3) is 0 Å². The topological polar surface area (TPSA) is 82.2 Å². The molecule has 1 fully saturated rings. The highest BCUT2D eigenvalue weighted by Gasteiger charge is 2.36. The molecular formula is C25H25ClF3N5O2S. The summed E-state index contributed by atoms with van der Waals surface area (Å²) >= 11 is 0. The zero-order chi connectivity index (χ0) is 25.5. The van der Waals surface area contributed by atoms with Gasteiger partial charge in [0.1, 0.15) is 5.69 Å². The second-order valence-corrected chi connectivity index (χ2v) is 10.8. The van der Waals surface area contributed by atoms with Crippen molar-refractivity contribution in [3.63, 3.8) is 0 Å². The van der Waals surface area contributed by atoms with E-state index in [2.05, 4.69) is 25.0 Å². The average Bonchev–Trinajstić information content (AvgIpc) is 3.23. The summed E-state index contributed by atoms with van der Waals surface area (Å²) in [5.74, 6) is 0. The number of alkyl halides is 3. The zero-order valence-corrected chi connectivity index (χ0v) is 21.5. The fourth-order valence-corrected chi connectivity index (χ4v) is 5.25. The molecule has 37 heavy (non-hydrogen) atoms. The third-order valence-corrected chi connectivity index (χ3v) is 7.55. The van der Waals surface area contributed by atoms with E-state index in [4.69, 9.17) is 0 Å². The summed E-state index contributed by atoms with van der Waals surface area (Å²) in [6.45, 7) is 2.96. The number of hydrogen-bond acceptors (Lipinski definition) is 6. The van der Waals surface area contributed by atoms with Gasteiger partial charge in [0.05, 0.1) is 16.6 Å². The molecule has 2 aromatic carbocycles. The normalized spacial score (nSPS) is 14.9. The molecule has 7 nitrogen and oxygen atoms in total. The minimum atomic E-state index is -4.54. The zero-order valence-electron chi connectivity index (χ0n) is 19.9. The van der Waals surface area contributed by atoms with Crippen LogP contribution in [0.1, 0.15) is 12.1 Å². The molecule has 1 aliphatic rings. The Kier molecular flexibility index (Phi) is 7.38. The molecular weight excluding hydrogens is 527 g/mol. The van der Waals surface area contributed by atoms with E-state index in [0.717, 1.165) is 36.3 Å². The third-order valence-electron chi connectivity index (χ3n) is 6.42. The van der Waals surface area contributed by atoms with Crippen LogP contribution in [0.3, 0.4) is 0 Å². The van der Waals surface area contributed by atoms with Crippen LogP contribution in [-0.4, -0.2) is 56.0 Å². The van der Waals surface area contributed by atoms with Crippen molar-refractivity contribution in [2.24, 2.45) is 0 Å². The number of nitrogens with one attached hydrogen (secondary N) is 1. The van der Waals surface area contributed by atoms with E-state index < -0.39 is 21.7 Å². The van der Waals surface area contributed by atoms with Gasteiger partial charge in [-0.25, -0.2) is 8.42 Å². The van der Waals surface area contributed by atoms with Crippen LogP contribution in [-0.2, 0) is 16.0 Å². The maximum Gasteiger partial charge on any atom is 0.433 e. The van der Waals surface area contributed by atoms with Crippen molar-refractivity contribution in [2.45, 2.75) is 17.5 Å². The van der Waals surface area contributed by atoms with Gasteiger partial charge in [-0.2, -0.15) is 18.3 Å². The highest BCUT2D eigenvalue weighted by Crippen LogP contribution is 2.37. The van der Waals surface area contributed by atoms with Crippen molar-refractivity contribution in [1.82, 2.24) is 15.2 Å². The van der Waals surface area contributed by atoms with Gasteiger partial charge in [0.2, 0.25) is 0 Å². The number of halogens is 4. The third kappa shape index (κ3) is 5.52. The molecule has 5 rings (SSSR count). The lowest BCUT2D eigenvalue weighted by Gasteiger charge is -2.26. The summed E-state index contributed by atoms with van der Waals surface area (Å²) in [7, 11) is -3.25. The van der Waals surface area contributed by atoms with Crippen molar-refractivity contribution >= 4 is 44.5 Å². The Morgan fingerprint density at radius 1 is 0.946 bits per heavy atom. The predicted octanol–water partition coefficient (Wildman–Crippen LogP) is 5.19. The number of anilines is 2. The molecule has 0 saturated carbocycles. The largest absolute Gasteiger partial charge is 0.433 e. The predicted molar refractivity (Wildman–Crippen MR) is 140 cm³/mol. The van der Waals surface area contributed by atoms with Crippen LogP contribution in [0.25, 0.3) is 22.0 Å². The summed E-state index contributed by atoms with van der Waals surface area (Å²) in [5, 5.41) is 6.46. The van der Waals surface area contributed by atoms with Gasteiger partial charge in [-0.3, -0.25) is 10.1 Å². The summed E-state index contributed by atoms with van der Waals surface area (Å²) in [6.07, 6.45) is 0.415. The second kappa shape index (κ2) is 10.2. The first-order chi connectivity index (χ1) is 17.1. The van der Waals surface area contributed by atoms with Crippen molar-refractivity contribution in [3.8, 4) is 11.1 Å². The van der Waals surface area contributed by atoms with E-state index in [1.807, 2.05) is 18.2 Å². The number of aromatic nitrogens is 3. The van der Waals surface area contributed by atoms with E-state index >= 15 is 0 Å². The van der Waals surface area contributed by atoms with Gasteiger partial charge in [-0.05, 0) is 54.4 Å². The number of rotatable bonds is 4. The lowest BCUT2D eigenvalue weighted by Crippen LogP contribution is -2.30. The number of pyridine rings is 1. The molecule has 12 heteroatoms. The molecule has 0 unspecified atom stereocenters. The molecule has 0 bridgehead atoms. The molecule has 4 aromatic rings. The average molecular weight is 552 g/mol. The lowest BCUT2D eigenvalue weighted by atomic mass is 10.0. The van der Waals surface area contributed by atoms with Crippen molar-refractivity contribution in [2.75, 3.05) is 42.2 Å². The summed E-state index contributed by atoms with van der Waals surface area (Å²) in [4.78, 5) is 9.13. The van der Waals surface area contributed by atoms with E-state index in [1.165, 1.54) is 12.5 Å². The van der Waals surface area contributed by atoms with Gasteiger partial charge >= 0.3 is 6.18 Å². The number of H-pyrrole nitrogens is 1. The summed E-state index contributed by atoms with van der Waals surface area (Å²) in [5.41, 5.74) is 2.10. The minimum Gasteiger partial charge on any atom is -0.370 e. The molecule has 1 aliphatic heterocycles. The number of fused-ring (bicyclic) bond motifs is 1. The number of hydrogen-bond donors (Lipinski definition) is 1. The fraction of sp³-hybridized carbons (Fsp3) is 0.280. The Hall–Kier alpha value is -3.31. The molecule has 0 aliphatic carbocycles. The lowest BCUT2D eigenvalue weighted by molar-refractivity contribution is -0.140. The van der Waals surface area contributed by atoms with Crippen molar-refractivity contribution in [3.05, 3.63) is 66.6 Å². The molecule has 1 saturated heterocycles. The maximum absolute atomic E-state index is 13.4. The number of benzene rings is 2. The SMILES string of the molecule is CS(=O)(=O)c1ccc(N2CCCN(c3ccnc4ccc(-c5cn[nH]c5C(F)(F)F)cc34)CC2)cc1.Cl. The van der Waals surface area contributed by atoms with Crippen LogP contribution < -0.4 is 9.80 Å². The number of nitrogens with zero attached hydrogens (tertiary/aromatic N) is 4. The molecule has 0 radical (unpaired) electrons. The van der Waals surface area contributed by atoms with Gasteiger partial charge in [-0.15, -0.1) is 12.4 Å². The first-order valence-corrected chi connectivity index (χ1v) is 13.3. The molecule has 2 aromatic heterocycles. The summed E-state index contributed by atoms with van der Waals surface area (Å²) in [6, 6.07) is 13.9. The van der Waals surface area contributed by atoms with E-state index in [-0.39, 0.29) is 22.9 Å². The summed E-state index contributed by atoms with van der Waals surface area (Å²) < 4.78 is 63.8. The van der Waals surface area contributed by atoms with E-state index in [0.29, 0.717) is 24.2 Å². The van der Waals surface area contributed by atoms with Crippen LogP contribution in [0.2, 0.25) is 0 Å². The number of sulfone groups is 1. The first-order valence-electron chi connectivity index (χ1n) is 11.4. The first kappa shape index (κ1) is 26.7. The van der Waals surface area contributed by atoms with Gasteiger partial charge in [0, 0.05) is 61.0 Å². The standard InChI is InChI=1S/C25H24F3N5O2S.ClH/c1-36(34,35)19-6-4-18(5-7-19)32-11-2-12-33(14-13-32)23-9-10-29-22-8-3-17(15-20(22)23)21-16-30-31-24(21)25(26,27)28;/h3-10,15-16H,2,11-14H2,1H3,(H,30,31);1H. The molecule has 196 valence electrons. The molecule has 0 amide bonds. The van der Waals surface area contributed by atoms with Crippen LogP contribution in [0.15, 0.2) is 65.8 Å². The fourth-order valence-electron chi connectivity index (χ4n) is 4.62. The van der Waals surface area contributed by atoms with Gasteiger partial charge in [0.15, 0.2) is 9.84 Å². The van der Waals surface area contributed by atoms with Crippen LogP contribution >= 0.6 is 12.4 Å². The van der Waals surface area contributed by atoms with Crippen LogP contribution in [0.5, 0.6) is 0 Å². The molecule has 1 N–H and O–H groups in total. The second-order valence-electron chi connectivity index (χ2n) is 8.81. The van der Waals surface area contributed by atoms with Crippen molar-refractivity contribution in [1.29, 1.82) is 0 Å². The molecule has 3 heterocycles. The quantitative estimate of drug-likeness (QED) is 0.376. The van der Waals surface area contributed by atoms with Gasteiger partial charge in [-0.1, -0.05) is 6.07 Å². The molecule has 0 spiro atoms. The van der Waals surface area contributed by atoms with Crippen LogP contribution in [0.4, 0.5) is 24.5 Å². The Balaban J connectivity index is 0.00000320. The monoisotopic (exact) mass is 551 g/mol. The number of aromatic amines is 1. The van der Waals surface area contributed by atoms with Gasteiger partial charge < -0.3 is 9.80 Å². The van der Waals surface area contributed by atoms with E-state index in [1.54, 1.807) is 36.5 Å². The highest BCUT2D eigenvalue weighted by molar-refractivity contribution is 7.90. The Bertz CT molecular complexity index is 1510. The van der Waals surface area contributed by atoms with Crippen LogP contribution in [0, 0.1) is 0 Å². The highest BCUT2D eigenvalue weighted by atomic mass is 35.5. The Labute approximate surface area is 218 Å². The Morgan fingerprint density at radius 3 is 2.35 bits per heavy atom. The smallest absolute Gasteiger partial charge is 0.370 e. The van der Waals surface area contributed by atoms with Crippen molar-refractivity contribution < 1.29 is 21.6 Å².